The molecule has 1 heterocycles. The lowest BCUT2D eigenvalue weighted by Crippen LogP contribution is -2.39. The van der Waals surface area contributed by atoms with Crippen molar-refractivity contribution >= 4 is 15.9 Å². The minimum Gasteiger partial charge on any atom is -0.406 e. The molecule has 0 aromatic heterocycles. The van der Waals surface area contributed by atoms with E-state index in [2.05, 4.69) is 4.74 Å². The van der Waals surface area contributed by atoms with Gasteiger partial charge in [0, 0.05) is 6.26 Å². The molecule has 1 aromatic rings. The summed E-state index contributed by atoms with van der Waals surface area (Å²) in [7, 11) is -3.22. The molecule has 0 unspecified atom stereocenters. The number of alkyl halides is 3. The van der Waals surface area contributed by atoms with Gasteiger partial charge in [-0.15, -0.1) is 13.2 Å². The smallest absolute Gasteiger partial charge is 0.406 e. The molecule has 2 rings (SSSR count). The van der Waals surface area contributed by atoms with Crippen LogP contribution in [0.5, 0.6) is 5.75 Å². The van der Waals surface area contributed by atoms with Crippen molar-refractivity contribution in [2.45, 2.75) is 17.9 Å². The van der Waals surface area contributed by atoms with Crippen LogP contribution in [0.3, 0.4) is 0 Å². The first-order chi connectivity index (χ1) is 10.6. The summed E-state index contributed by atoms with van der Waals surface area (Å²) in [6, 6.07) is 5.27. The zero-order valence-electron chi connectivity index (χ0n) is 12.1. The van der Waals surface area contributed by atoms with Crippen LogP contribution < -0.4 is 4.74 Å². The van der Waals surface area contributed by atoms with Crippen LogP contribution in [-0.2, 0) is 19.3 Å². The van der Waals surface area contributed by atoms with Gasteiger partial charge in [0.25, 0.3) is 0 Å². The van der Waals surface area contributed by atoms with E-state index in [1.54, 1.807) is 12.2 Å². The van der Waals surface area contributed by atoms with Crippen LogP contribution in [0.25, 0.3) is 6.08 Å². The van der Waals surface area contributed by atoms with Crippen molar-refractivity contribution in [1.29, 1.82) is 0 Å². The highest BCUT2D eigenvalue weighted by molar-refractivity contribution is 7.91. The number of halogens is 3. The van der Waals surface area contributed by atoms with E-state index in [0.29, 0.717) is 5.56 Å². The first-order valence-corrected chi connectivity index (χ1v) is 8.55. The van der Waals surface area contributed by atoms with Crippen LogP contribution in [-0.4, -0.2) is 45.8 Å². The lowest BCUT2D eigenvalue weighted by atomic mass is 10.2. The van der Waals surface area contributed by atoms with Gasteiger partial charge in [-0.05, 0) is 23.8 Å². The Kier molecular flexibility index (Phi) is 5.33. The van der Waals surface area contributed by atoms with Crippen molar-refractivity contribution in [3.05, 3.63) is 35.9 Å². The Hall–Kier alpha value is -1.58. The fourth-order valence-electron chi connectivity index (χ4n) is 1.83. The highest BCUT2D eigenvalue weighted by atomic mass is 32.2. The van der Waals surface area contributed by atoms with Gasteiger partial charge in [-0.25, -0.2) is 8.42 Å². The van der Waals surface area contributed by atoms with E-state index in [9.17, 15) is 21.6 Å². The molecule has 9 heteroatoms. The summed E-state index contributed by atoms with van der Waals surface area (Å²) in [5, 5.41) is -0.689. The molecule has 23 heavy (non-hydrogen) atoms. The molecule has 0 spiro atoms. The molecule has 0 aliphatic carbocycles. The normalized spacial score (nSPS) is 23.1. The monoisotopic (exact) mass is 352 g/mol. The zero-order valence-corrected chi connectivity index (χ0v) is 12.9. The van der Waals surface area contributed by atoms with Crippen molar-refractivity contribution in [2.24, 2.45) is 0 Å². The molecule has 128 valence electrons. The molecule has 0 radical (unpaired) electrons. The predicted octanol–water partition coefficient (Wildman–Crippen LogP) is 2.38. The average molecular weight is 352 g/mol. The van der Waals surface area contributed by atoms with E-state index in [4.69, 9.17) is 9.47 Å². The van der Waals surface area contributed by atoms with E-state index < -0.39 is 27.7 Å². The standard InChI is InChI=1S/C14H15F3O5S/c1-23(18,19)12-8-20-13(21-9-12)7-4-10-2-5-11(6-3-10)22-14(15,16)17/h2-7,12-13H,8-9H2,1H3/b7-4+. The van der Waals surface area contributed by atoms with Gasteiger partial charge in [-0.3, -0.25) is 0 Å². The predicted molar refractivity (Wildman–Crippen MR) is 76.5 cm³/mol. The first kappa shape index (κ1) is 17.8. The summed E-state index contributed by atoms with van der Waals surface area (Å²) in [5.41, 5.74) is 0.622. The lowest BCUT2D eigenvalue weighted by Gasteiger charge is -2.26. The van der Waals surface area contributed by atoms with Gasteiger partial charge < -0.3 is 14.2 Å². The topological polar surface area (TPSA) is 61.8 Å². The number of ether oxygens (including phenoxy) is 3. The zero-order chi connectivity index (χ0) is 17.1. The summed E-state index contributed by atoms with van der Waals surface area (Å²) < 4.78 is 73.1. The molecular weight excluding hydrogens is 337 g/mol. The Morgan fingerprint density at radius 1 is 1.17 bits per heavy atom. The van der Waals surface area contributed by atoms with Gasteiger partial charge >= 0.3 is 6.36 Å². The van der Waals surface area contributed by atoms with Crippen LogP contribution in [0, 0.1) is 0 Å². The van der Waals surface area contributed by atoms with Gasteiger partial charge in [-0.1, -0.05) is 18.2 Å². The van der Waals surface area contributed by atoms with Crippen LogP contribution in [0.15, 0.2) is 30.3 Å². The molecule has 0 amide bonds. The third-order valence-electron chi connectivity index (χ3n) is 3.06. The first-order valence-electron chi connectivity index (χ1n) is 6.59. The third-order valence-corrected chi connectivity index (χ3v) is 4.54. The molecule has 0 atom stereocenters. The molecule has 1 aliphatic rings. The number of rotatable bonds is 4. The summed E-state index contributed by atoms with van der Waals surface area (Å²) in [6.45, 7) is 0.0679. The second-order valence-electron chi connectivity index (χ2n) is 4.96. The van der Waals surface area contributed by atoms with E-state index in [1.165, 1.54) is 24.3 Å². The Bertz CT molecular complexity index is 644. The van der Waals surface area contributed by atoms with Crippen molar-refractivity contribution in [2.75, 3.05) is 19.5 Å². The van der Waals surface area contributed by atoms with Crippen molar-refractivity contribution in [3.63, 3.8) is 0 Å². The van der Waals surface area contributed by atoms with Crippen LogP contribution in [0.2, 0.25) is 0 Å². The van der Waals surface area contributed by atoms with Gasteiger partial charge in [0.05, 0.1) is 13.2 Å². The average Bonchev–Trinajstić information content (AvgIpc) is 2.44. The highest BCUT2D eigenvalue weighted by Gasteiger charge is 2.31. The Morgan fingerprint density at radius 2 is 1.74 bits per heavy atom. The summed E-state index contributed by atoms with van der Waals surface area (Å²) in [6.07, 6.45) is -1.15. The minimum atomic E-state index is -4.72. The maximum Gasteiger partial charge on any atom is 0.573 e. The van der Waals surface area contributed by atoms with Gasteiger partial charge in [-0.2, -0.15) is 0 Å². The van der Waals surface area contributed by atoms with Crippen LogP contribution in [0.1, 0.15) is 5.56 Å². The number of sulfone groups is 1. The maximum absolute atomic E-state index is 12.0. The number of hydrogen-bond acceptors (Lipinski definition) is 5. The minimum absolute atomic E-state index is 0.0339. The second kappa shape index (κ2) is 6.90. The summed E-state index contributed by atoms with van der Waals surface area (Å²) in [4.78, 5) is 0. The van der Waals surface area contributed by atoms with Crippen molar-refractivity contribution in [3.8, 4) is 5.75 Å². The maximum atomic E-state index is 12.0. The second-order valence-corrected chi connectivity index (χ2v) is 7.29. The molecular formula is C14H15F3O5S. The lowest BCUT2D eigenvalue weighted by molar-refractivity contribution is -0.274. The molecule has 0 N–H and O–H groups in total. The molecule has 5 nitrogen and oxygen atoms in total. The molecule has 1 fully saturated rings. The Morgan fingerprint density at radius 3 is 2.22 bits per heavy atom. The molecule has 1 saturated heterocycles. The van der Waals surface area contributed by atoms with Gasteiger partial charge in [0.2, 0.25) is 0 Å². The number of hydrogen-bond donors (Lipinski definition) is 0. The van der Waals surface area contributed by atoms with Crippen molar-refractivity contribution < 1.29 is 35.8 Å². The van der Waals surface area contributed by atoms with Crippen molar-refractivity contribution in [1.82, 2.24) is 0 Å². The quantitative estimate of drug-likeness (QED) is 0.833. The third kappa shape index (κ3) is 5.85. The highest BCUT2D eigenvalue weighted by Crippen LogP contribution is 2.23. The van der Waals surface area contributed by atoms with E-state index in [1.807, 2.05) is 0 Å². The van der Waals surface area contributed by atoms with Crippen LogP contribution >= 0.6 is 0 Å². The van der Waals surface area contributed by atoms with E-state index >= 15 is 0 Å². The van der Waals surface area contributed by atoms with Gasteiger partial charge in [0.15, 0.2) is 16.1 Å². The molecule has 1 aliphatic heterocycles. The Labute approximate surface area is 131 Å². The summed E-state index contributed by atoms with van der Waals surface area (Å²) >= 11 is 0. The van der Waals surface area contributed by atoms with Crippen LogP contribution in [0.4, 0.5) is 13.2 Å². The van der Waals surface area contributed by atoms with E-state index in [0.717, 1.165) is 6.26 Å². The van der Waals surface area contributed by atoms with Gasteiger partial charge in [0.1, 0.15) is 11.0 Å². The largest absolute Gasteiger partial charge is 0.573 e. The fraction of sp³-hybridized carbons (Fsp3) is 0.429. The number of benzene rings is 1. The molecule has 0 saturated carbocycles. The molecule has 1 aromatic carbocycles. The Balaban J connectivity index is 1.89. The molecule has 0 bridgehead atoms. The fourth-order valence-corrected chi connectivity index (χ4v) is 2.48. The summed E-state index contributed by atoms with van der Waals surface area (Å²) in [5.74, 6) is -0.309. The van der Waals surface area contributed by atoms with E-state index in [-0.39, 0.29) is 19.0 Å². The SMILES string of the molecule is CS(=O)(=O)C1COC(/C=C/c2ccc(OC(F)(F)F)cc2)OC1.